The lowest BCUT2D eigenvalue weighted by atomic mass is 9.98. The fraction of sp³-hybridized carbons (Fsp3) is 0.304. The Morgan fingerprint density at radius 2 is 1.90 bits per heavy atom. The van der Waals surface area contributed by atoms with E-state index in [1.165, 1.54) is 0 Å². The highest BCUT2D eigenvalue weighted by molar-refractivity contribution is 5.94. The van der Waals surface area contributed by atoms with E-state index < -0.39 is 11.9 Å². The number of amides is 1. The van der Waals surface area contributed by atoms with Gasteiger partial charge in [-0.1, -0.05) is 44.2 Å². The van der Waals surface area contributed by atoms with Crippen molar-refractivity contribution in [3.05, 3.63) is 69.8 Å². The van der Waals surface area contributed by atoms with Crippen molar-refractivity contribution in [2.45, 2.75) is 39.5 Å². The molecule has 3 aromatic rings. The van der Waals surface area contributed by atoms with Gasteiger partial charge in [0.2, 0.25) is 0 Å². The normalized spacial score (nSPS) is 10.9. The molecule has 2 N–H and O–H groups in total. The molecule has 0 atom stereocenters. The fourth-order valence-corrected chi connectivity index (χ4v) is 3.21. The number of H-pyrrole nitrogens is 1. The zero-order chi connectivity index (χ0) is 21.7. The first-order valence-electron chi connectivity index (χ1n) is 9.88. The number of aromatic nitrogens is 2. The third kappa shape index (κ3) is 5.11. The Hall–Kier alpha value is -3.48. The molecule has 1 amide bonds. The molecule has 156 valence electrons. The van der Waals surface area contributed by atoms with Crippen LogP contribution in [0.4, 0.5) is 5.69 Å². The van der Waals surface area contributed by atoms with E-state index >= 15 is 0 Å². The van der Waals surface area contributed by atoms with Gasteiger partial charge in [-0.3, -0.25) is 14.4 Å². The first-order valence-corrected chi connectivity index (χ1v) is 9.88. The largest absolute Gasteiger partial charge is 0.456 e. The molecule has 0 aliphatic heterocycles. The number of anilines is 1. The minimum Gasteiger partial charge on any atom is -0.456 e. The van der Waals surface area contributed by atoms with Crippen molar-refractivity contribution in [2.24, 2.45) is 0 Å². The molecule has 0 aliphatic carbocycles. The van der Waals surface area contributed by atoms with E-state index in [2.05, 4.69) is 29.1 Å². The number of carbonyl (C=O) groups is 2. The first kappa shape index (κ1) is 21.2. The monoisotopic (exact) mass is 407 g/mol. The van der Waals surface area contributed by atoms with E-state index in [4.69, 9.17) is 4.74 Å². The van der Waals surface area contributed by atoms with Crippen molar-refractivity contribution in [3.8, 4) is 0 Å². The summed E-state index contributed by atoms with van der Waals surface area (Å²) in [6.45, 7) is 5.66. The van der Waals surface area contributed by atoms with Gasteiger partial charge >= 0.3 is 5.97 Å². The summed E-state index contributed by atoms with van der Waals surface area (Å²) in [5, 5.41) is 3.34. The summed E-state index contributed by atoms with van der Waals surface area (Å²) in [6, 6.07) is 12.8. The number of para-hydroxylation sites is 2. The van der Waals surface area contributed by atoms with Crippen LogP contribution < -0.4 is 10.9 Å². The van der Waals surface area contributed by atoms with Crippen molar-refractivity contribution in [1.82, 2.24) is 9.97 Å². The maximum atomic E-state index is 12.3. The molecule has 30 heavy (non-hydrogen) atoms. The SMILES string of the molecule is Cc1cccc(C(C)C)c1NC(=O)COC(=O)CCc1nc2ccccc2c(=O)[nH]1. The second-order valence-electron chi connectivity index (χ2n) is 7.43. The number of nitrogens with one attached hydrogen (secondary N) is 2. The molecule has 0 aliphatic rings. The van der Waals surface area contributed by atoms with Gasteiger partial charge in [0.1, 0.15) is 5.82 Å². The van der Waals surface area contributed by atoms with E-state index in [1.807, 2.05) is 25.1 Å². The Morgan fingerprint density at radius 1 is 1.13 bits per heavy atom. The molecule has 7 heteroatoms. The third-order valence-electron chi connectivity index (χ3n) is 4.78. The third-order valence-corrected chi connectivity index (χ3v) is 4.78. The van der Waals surface area contributed by atoms with Crippen LogP contribution in [0.3, 0.4) is 0 Å². The molecule has 0 spiro atoms. The molecule has 0 bridgehead atoms. The molecule has 1 heterocycles. The quantitative estimate of drug-likeness (QED) is 0.584. The van der Waals surface area contributed by atoms with Crippen LogP contribution >= 0.6 is 0 Å². The lowest BCUT2D eigenvalue weighted by Crippen LogP contribution is -2.22. The molecule has 0 saturated carbocycles. The van der Waals surface area contributed by atoms with Gasteiger partial charge < -0.3 is 15.0 Å². The number of benzene rings is 2. The van der Waals surface area contributed by atoms with Crippen molar-refractivity contribution in [1.29, 1.82) is 0 Å². The van der Waals surface area contributed by atoms with Gasteiger partial charge in [-0.2, -0.15) is 0 Å². The summed E-state index contributed by atoms with van der Waals surface area (Å²) in [5.74, 6) is -0.271. The number of fused-ring (bicyclic) bond motifs is 1. The van der Waals surface area contributed by atoms with Crippen LogP contribution in [0.1, 0.15) is 43.1 Å². The minimum atomic E-state index is -0.533. The number of rotatable bonds is 7. The Balaban J connectivity index is 1.54. The topological polar surface area (TPSA) is 101 Å². The Labute approximate surface area is 174 Å². The summed E-state index contributed by atoms with van der Waals surface area (Å²) in [4.78, 5) is 43.4. The van der Waals surface area contributed by atoms with E-state index in [1.54, 1.807) is 24.3 Å². The predicted octanol–water partition coefficient (Wildman–Crippen LogP) is 3.47. The average Bonchev–Trinajstić information content (AvgIpc) is 2.72. The van der Waals surface area contributed by atoms with E-state index in [9.17, 15) is 14.4 Å². The molecule has 1 aromatic heterocycles. The van der Waals surface area contributed by atoms with Gasteiger partial charge in [-0.15, -0.1) is 0 Å². The fourth-order valence-electron chi connectivity index (χ4n) is 3.21. The van der Waals surface area contributed by atoms with E-state index in [-0.39, 0.29) is 30.9 Å². The number of nitrogens with zero attached hydrogens (tertiary/aromatic N) is 1. The molecule has 0 fully saturated rings. The van der Waals surface area contributed by atoms with Crippen LogP contribution in [-0.4, -0.2) is 28.5 Å². The molecule has 3 rings (SSSR count). The van der Waals surface area contributed by atoms with Crippen molar-refractivity contribution in [3.63, 3.8) is 0 Å². The summed E-state index contributed by atoms with van der Waals surface area (Å²) in [7, 11) is 0. The zero-order valence-electron chi connectivity index (χ0n) is 17.3. The maximum Gasteiger partial charge on any atom is 0.306 e. The standard InChI is InChI=1S/C23H25N3O4/c1-14(2)16-9-6-7-15(3)22(16)26-20(27)13-30-21(28)12-11-19-24-18-10-5-4-8-17(18)23(29)25-19/h4-10,14H,11-13H2,1-3H3,(H,26,27)(H,24,25,29). The van der Waals surface area contributed by atoms with Gasteiger partial charge in [0, 0.05) is 12.1 Å². The molecule has 0 saturated heterocycles. The van der Waals surface area contributed by atoms with E-state index in [0.29, 0.717) is 16.7 Å². The van der Waals surface area contributed by atoms with Crippen LogP contribution in [0.15, 0.2) is 47.3 Å². The van der Waals surface area contributed by atoms with Crippen molar-refractivity contribution in [2.75, 3.05) is 11.9 Å². The molecular formula is C23H25N3O4. The minimum absolute atomic E-state index is 0.0101. The number of hydrogen-bond donors (Lipinski definition) is 2. The molecule has 0 radical (unpaired) electrons. The number of aryl methyl sites for hydroxylation is 2. The van der Waals surface area contributed by atoms with Gasteiger partial charge in [-0.25, -0.2) is 4.98 Å². The summed E-state index contributed by atoms with van der Waals surface area (Å²) in [5.41, 5.74) is 3.06. The highest BCUT2D eigenvalue weighted by atomic mass is 16.5. The number of carbonyl (C=O) groups excluding carboxylic acids is 2. The number of hydrogen-bond acceptors (Lipinski definition) is 5. The van der Waals surface area contributed by atoms with Gasteiger partial charge in [0.15, 0.2) is 6.61 Å². The highest BCUT2D eigenvalue weighted by Gasteiger charge is 2.14. The highest BCUT2D eigenvalue weighted by Crippen LogP contribution is 2.27. The van der Waals surface area contributed by atoms with Crippen LogP contribution in [0.2, 0.25) is 0 Å². The predicted molar refractivity (Wildman–Crippen MR) is 116 cm³/mol. The number of aromatic amines is 1. The van der Waals surface area contributed by atoms with Crippen molar-refractivity contribution < 1.29 is 14.3 Å². The average molecular weight is 407 g/mol. The Kier molecular flexibility index (Phi) is 6.61. The summed E-state index contributed by atoms with van der Waals surface area (Å²) < 4.78 is 5.08. The van der Waals surface area contributed by atoms with Crippen LogP contribution in [0.25, 0.3) is 10.9 Å². The lowest BCUT2D eigenvalue weighted by Gasteiger charge is -2.16. The maximum absolute atomic E-state index is 12.3. The molecular weight excluding hydrogens is 382 g/mol. The first-order chi connectivity index (χ1) is 14.3. The Morgan fingerprint density at radius 3 is 2.67 bits per heavy atom. The van der Waals surface area contributed by atoms with E-state index in [0.717, 1.165) is 16.8 Å². The van der Waals surface area contributed by atoms with Gasteiger partial charge in [0.05, 0.1) is 17.3 Å². The molecule has 2 aromatic carbocycles. The van der Waals surface area contributed by atoms with Gasteiger partial charge in [-0.05, 0) is 36.1 Å². The van der Waals surface area contributed by atoms with Crippen LogP contribution in [0.5, 0.6) is 0 Å². The zero-order valence-corrected chi connectivity index (χ0v) is 17.3. The molecule has 7 nitrogen and oxygen atoms in total. The number of esters is 1. The van der Waals surface area contributed by atoms with Crippen molar-refractivity contribution >= 4 is 28.5 Å². The van der Waals surface area contributed by atoms with Crippen LogP contribution in [-0.2, 0) is 20.7 Å². The smallest absolute Gasteiger partial charge is 0.306 e. The summed E-state index contributed by atoms with van der Waals surface area (Å²) >= 11 is 0. The van der Waals surface area contributed by atoms with Crippen LogP contribution in [0, 0.1) is 6.92 Å². The second kappa shape index (κ2) is 9.35. The Bertz CT molecular complexity index is 1130. The second-order valence-corrected chi connectivity index (χ2v) is 7.43. The van der Waals surface area contributed by atoms with Gasteiger partial charge in [0.25, 0.3) is 11.5 Å². The number of ether oxygens (including phenoxy) is 1. The summed E-state index contributed by atoms with van der Waals surface area (Å²) in [6.07, 6.45) is 0.228. The lowest BCUT2D eigenvalue weighted by molar-refractivity contribution is -0.147. The molecule has 0 unspecified atom stereocenters.